The van der Waals surface area contributed by atoms with Gasteiger partial charge >= 0.3 is 0 Å². The van der Waals surface area contributed by atoms with Gasteiger partial charge in [0, 0.05) is 25.1 Å². The number of rotatable bonds is 4. The van der Waals surface area contributed by atoms with E-state index in [0.29, 0.717) is 5.92 Å². The molecule has 17 heavy (non-hydrogen) atoms. The van der Waals surface area contributed by atoms with Gasteiger partial charge in [0.15, 0.2) is 0 Å². The van der Waals surface area contributed by atoms with Crippen LogP contribution in [0.25, 0.3) is 0 Å². The molecule has 1 aromatic carbocycles. The molecule has 1 atom stereocenters. The fourth-order valence-electron chi connectivity index (χ4n) is 1.70. The zero-order chi connectivity index (χ0) is 12.3. The number of halogens is 3. The Morgan fingerprint density at radius 3 is 2.47 bits per heavy atom. The minimum Gasteiger partial charge on any atom is -0.148 e. The van der Waals surface area contributed by atoms with E-state index in [1.807, 2.05) is 12.1 Å². The summed E-state index contributed by atoms with van der Waals surface area (Å²) in [5, 5.41) is 3.88. The molecule has 1 heterocycles. The Kier molecular flexibility index (Phi) is 5.10. The predicted molar refractivity (Wildman–Crippen MR) is 83.7 cm³/mol. The summed E-state index contributed by atoms with van der Waals surface area (Å²) in [6.07, 6.45) is 1.06. The Morgan fingerprint density at radius 2 is 1.94 bits per heavy atom. The molecule has 90 valence electrons. The van der Waals surface area contributed by atoms with Crippen molar-refractivity contribution in [2.45, 2.75) is 12.3 Å². The number of hydrogen-bond donors (Lipinski definition) is 0. The van der Waals surface area contributed by atoms with Gasteiger partial charge in [-0.15, -0.1) is 11.3 Å². The number of hydrogen-bond acceptors (Lipinski definition) is 1. The van der Waals surface area contributed by atoms with Gasteiger partial charge in [0.05, 0.1) is 0 Å². The van der Waals surface area contributed by atoms with E-state index < -0.39 is 0 Å². The third-order valence-electron chi connectivity index (χ3n) is 2.60. The number of benzene rings is 1. The zero-order valence-corrected chi connectivity index (χ0v) is 13.7. The first-order valence-corrected chi connectivity index (χ1v) is 8.40. The first-order chi connectivity index (χ1) is 8.19. The average molecular weight is 395 g/mol. The molecule has 2 aromatic rings. The fourth-order valence-corrected chi connectivity index (χ4v) is 3.96. The summed E-state index contributed by atoms with van der Waals surface area (Å²) in [5.41, 5.74) is 1.33. The second kappa shape index (κ2) is 6.37. The van der Waals surface area contributed by atoms with Gasteiger partial charge in [-0.2, -0.15) is 0 Å². The highest BCUT2D eigenvalue weighted by atomic mass is 79.9. The lowest BCUT2D eigenvalue weighted by Crippen LogP contribution is -2.03. The topological polar surface area (TPSA) is 0 Å². The van der Waals surface area contributed by atoms with Gasteiger partial charge in [0.1, 0.15) is 0 Å². The lowest BCUT2D eigenvalue weighted by atomic mass is 9.97. The molecule has 0 fully saturated rings. The Morgan fingerprint density at radius 1 is 1.24 bits per heavy atom. The van der Waals surface area contributed by atoms with Crippen LogP contribution in [0.15, 0.2) is 40.2 Å². The van der Waals surface area contributed by atoms with E-state index in [-0.39, 0.29) is 0 Å². The summed E-state index contributed by atoms with van der Waals surface area (Å²) in [7, 11) is 0. The summed E-state index contributed by atoms with van der Waals surface area (Å²) in [4.78, 5) is 1.40. The van der Waals surface area contributed by atoms with Crippen molar-refractivity contribution in [3.63, 3.8) is 0 Å². The van der Waals surface area contributed by atoms with Gasteiger partial charge in [-0.05, 0) is 52.0 Å². The van der Waals surface area contributed by atoms with Gasteiger partial charge < -0.3 is 0 Å². The van der Waals surface area contributed by atoms with E-state index in [4.69, 9.17) is 11.6 Å². The molecule has 0 bridgehead atoms. The number of alkyl halides is 1. The highest BCUT2D eigenvalue weighted by molar-refractivity contribution is 9.10. The van der Waals surface area contributed by atoms with Crippen molar-refractivity contribution >= 4 is 54.8 Å². The molecule has 0 aliphatic rings. The molecule has 0 saturated carbocycles. The van der Waals surface area contributed by atoms with Gasteiger partial charge in [-0.25, -0.2) is 0 Å². The van der Waals surface area contributed by atoms with Crippen molar-refractivity contribution in [1.82, 2.24) is 0 Å². The average Bonchev–Trinajstić information content (AvgIpc) is 2.73. The summed E-state index contributed by atoms with van der Waals surface area (Å²) in [6, 6.07) is 10.3. The molecule has 0 nitrogen and oxygen atoms in total. The van der Waals surface area contributed by atoms with Gasteiger partial charge in [0.25, 0.3) is 0 Å². The Hall–Kier alpha value is 0.170. The van der Waals surface area contributed by atoms with Crippen LogP contribution in [-0.4, -0.2) is 5.33 Å². The second-order valence-corrected chi connectivity index (χ2v) is 6.83. The minimum atomic E-state index is 0.498. The van der Waals surface area contributed by atoms with Gasteiger partial charge in [-0.1, -0.05) is 39.7 Å². The molecule has 0 saturated heterocycles. The van der Waals surface area contributed by atoms with Crippen molar-refractivity contribution in [3.05, 3.63) is 55.6 Å². The molecule has 0 aliphatic carbocycles. The molecule has 1 aromatic heterocycles. The maximum absolute atomic E-state index is 5.91. The molecule has 1 unspecified atom stereocenters. The van der Waals surface area contributed by atoms with Crippen LogP contribution in [0.2, 0.25) is 5.02 Å². The van der Waals surface area contributed by atoms with E-state index in [9.17, 15) is 0 Å². The van der Waals surface area contributed by atoms with E-state index in [2.05, 4.69) is 55.4 Å². The molecular formula is C13H11Br2ClS. The lowest BCUT2D eigenvalue weighted by molar-refractivity contribution is 0.786. The minimum absolute atomic E-state index is 0.498. The molecule has 0 amide bonds. The van der Waals surface area contributed by atoms with Crippen molar-refractivity contribution in [3.8, 4) is 0 Å². The monoisotopic (exact) mass is 392 g/mol. The highest BCUT2D eigenvalue weighted by Crippen LogP contribution is 2.28. The smallest absolute Gasteiger partial charge is 0.0406 e. The highest BCUT2D eigenvalue weighted by Gasteiger charge is 2.12. The first-order valence-electron chi connectivity index (χ1n) is 5.23. The summed E-state index contributed by atoms with van der Waals surface area (Å²) < 4.78 is 1.17. The van der Waals surface area contributed by atoms with Crippen LogP contribution in [-0.2, 0) is 6.42 Å². The quantitative estimate of drug-likeness (QED) is 0.568. The third kappa shape index (κ3) is 3.82. The van der Waals surface area contributed by atoms with Crippen molar-refractivity contribution < 1.29 is 0 Å². The van der Waals surface area contributed by atoms with Crippen molar-refractivity contribution in [2.75, 3.05) is 5.33 Å². The predicted octanol–water partition coefficient (Wildman–Crippen LogP) is 5.89. The Labute approximate surface area is 127 Å². The van der Waals surface area contributed by atoms with Crippen LogP contribution >= 0.6 is 54.8 Å². The Balaban J connectivity index is 2.13. The molecule has 0 N–H and O–H groups in total. The molecule has 0 radical (unpaired) electrons. The van der Waals surface area contributed by atoms with Gasteiger partial charge in [0.2, 0.25) is 0 Å². The molecule has 4 heteroatoms. The van der Waals surface area contributed by atoms with Crippen molar-refractivity contribution in [2.24, 2.45) is 0 Å². The van der Waals surface area contributed by atoms with E-state index in [1.54, 1.807) is 11.3 Å². The summed E-state index contributed by atoms with van der Waals surface area (Å²) >= 11 is 14.8. The summed E-state index contributed by atoms with van der Waals surface area (Å²) in [6.45, 7) is 0. The van der Waals surface area contributed by atoms with Gasteiger partial charge in [-0.3, -0.25) is 0 Å². The van der Waals surface area contributed by atoms with Crippen LogP contribution in [0, 0.1) is 0 Å². The van der Waals surface area contributed by atoms with Crippen LogP contribution in [0.3, 0.4) is 0 Å². The summed E-state index contributed by atoms with van der Waals surface area (Å²) in [5.74, 6) is 0.498. The standard InChI is InChI=1S/C13H11Br2ClS/c14-7-10(5-13-6-11(15)8-17-13)9-1-3-12(16)4-2-9/h1-4,6,8,10H,5,7H2. The SMILES string of the molecule is Clc1ccc(C(CBr)Cc2cc(Br)cs2)cc1. The molecule has 0 spiro atoms. The van der Waals surface area contributed by atoms with E-state index in [1.165, 1.54) is 14.9 Å². The Bertz CT molecular complexity index is 478. The first kappa shape index (κ1) is 13.6. The second-order valence-electron chi connectivity index (χ2n) is 3.84. The van der Waals surface area contributed by atoms with Crippen LogP contribution in [0.5, 0.6) is 0 Å². The van der Waals surface area contributed by atoms with Crippen LogP contribution in [0.1, 0.15) is 16.4 Å². The largest absolute Gasteiger partial charge is 0.148 e. The van der Waals surface area contributed by atoms with E-state index in [0.717, 1.165) is 16.8 Å². The number of thiophene rings is 1. The van der Waals surface area contributed by atoms with Crippen LogP contribution in [0.4, 0.5) is 0 Å². The fraction of sp³-hybridized carbons (Fsp3) is 0.231. The maximum Gasteiger partial charge on any atom is 0.0406 e. The van der Waals surface area contributed by atoms with Crippen molar-refractivity contribution in [1.29, 1.82) is 0 Å². The lowest BCUT2D eigenvalue weighted by Gasteiger charge is -2.13. The maximum atomic E-state index is 5.91. The molecule has 0 aliphatic heterocycles. The van der Waals surface area contributed by atoms with E-state index >= 15 is 0 Å². The third-order valence-corrected chi connectivity index (χ3v) is 5.35. The van der Waals surface area contributed by atoms with Crippen LogP contribution < -0.4 is 0 Å². The molecular weight excluding hydrogens is 383 g/mol. The zero-order valence-electron chi connectivity index (χ0n) is 9.00. The normalized spacial score (nSPS) is 12.6. The molecule has 2 rings (SSSR count).